The van der Waals surface area contributed by atoms with Crippen molar-refractivity contribution in [3.8, 4) is 0 Å². The van der Waals surface area contributed by atoms with Gasteiger partial charge in [-0.25, -0.2) is 0 Å². The summed E-state index contributed by atoms with van der Waals surface area (Å²) in [6.45, 7) is 11.1. The second kappa shape index (κ2) is 6.14. The van der Waals surface area contributed by atoms with Crippen LogP contribution in [0.5, 0.6) is 0 Å². The fourth-order valence-electron chi connectivity index (χ4n) is 5.94. The van der Waals surface area contributed by atoms with E-state index < -0.39 is 0 Å². The predicted octanol–water partition coefficient (Wildman–Crippen LogP) is 4.46. The molecular weight excluding hydrogens is 292 g/mol. The van der Waals surface area contributed by atoms with E-state index in [9.17, 15) is 0 Å². The molecule has 1 heterocycles. The molecule has 1 saturated heterocycles. The van der Waals surface area contributed by atoms with Gasteiger partial charge in [0.15, 0.2) is 0 Å². The van der Waals surface area contributed by atoms with E-state index >= 15 is 0 Å². The molecule has 3 aliphatic rings. The number of likely N-dealkylation sites (tertiary alicyclic amines) is 1. The Hall–Kier alpha value is -0.860. The van der Waals surface area contributed by atoms with Crippen molar-refractivity contribution >= 4 is 0 Å². The molecule has 132 valence electrons. The van der Waals surface area contributed by atoms with Gasteiger partial charge in [0.05, 0.1) is 0 Å². The standard InChI is InChI=1S/C22H34N2/c1-21(2)18-11-12-22(21,3)20(14-18)23-15-19-10-7-13-24(19)16-17-8-5-4-6-9-17/h4-6,8-9,18-20,23H,7,10-16H2,1-3H3/t18-,19+,20-,22+/m1/s1. The summed E-state index contributed by atoms with van der Waals surface area (Å²) in [5, 5.41) is 4.03. The summed E-state index contributed by atoms with van der Waals surface area (Å²) in [6, 6.07) is 12.4. The predicted molar refractivity (Wildman–Crippen MR) is 101 cm³/mol. The molecule has 1 aromatic carbocycles. The van der Waals surface area contributed by atoms with Crippen LogP contribution in [-0.4, -0.2) is 30.1 Å². The van der Waals surface area contributed by atoms with Gasteiger partial charge in [0.1, 0.15) is 0 Å². The lowest BCUT2D eigenvalue weighted by molar-refractivity contribution is 0.115. The van der Waals surface area contributed by atoms with Crippen LogP contribution < -0.4 is 5.32 Å². The molecule has 0 radical (unpaired) electrons. The first-order valence-corrected chi connectivity index (χ1v) is 10.0. The summed E-state index contributed by atoms with van der Waals surface area (Å²) in [6.07, 6.45) is 6.98. The van der Waals surface area contributed by atoms with E-state index in [1.807, 2.05) is 0 Å². The minimum atomic E-state index is 0.501. The summed E-state index contributed by atoms with van der Waals surface area (Å²) in [7, 11) is 0. The van der Waals surface area contributed by atoms with Gasteiger partial charge in [-0.3, -0.25) is 4.90 Å². The zero-order chi connectivity index (χ0) is 16.8. The average molecular weight is 327 g/mol. The quantitative estimate of drug-likeness (QED) is 0.859. The summed E-state index contributed by atoms with van der Waals surface area (Å²) in [4.78, 5) is 2.70. The zero-order valence-corrected chi connectivity index (χ0v) is 15.7. The number of fused-ring (bicyclic) bond motifs is 2. The van der Waals surface area contributed by atoms with Crippen molar-refractivity contribution < 1.29 is 0 Å². The van der Waals surface area contributed by atoms with Gasteiger partial charge in [0, 0.05) is 25.2 Å². The Balaban J connectivity index is 1.36. The topological polar surface area (TPSA) is 15.3 Å². The molecule has 0 unspecified atom stereocenters. The lowest BCUT2D eigenvalue weighted by Crippen LogP contribution is -2.48. The summed E-state index contributed by atoms with van der Waals surface area (Å²) in [5.41, 5.74) is 2.47. The highest BCUT2D eigenvalue weighted by atomic mass is 15.2. The normalized spacial score (nSPS) is 38.0. The first kappa shape index (κ1) is 16.6. The molecule has 1 aromatic rings. The molecule has 4 atom stereocenters. The maximum atomic E-state index is 4.03. The Morgan fingerprint density at radius 1 is 1.12 bits per heavy atom. The molecule has 0 aromatic heterocycles. The Kier molecular flexibility index (Phi) is 4.25. The van der Waals surface area contributed by atoms with Gasteiger partial charge in [-0.05, 0) is 61.0 Å². The van der Waals surface area contributed by atoms with Crippen molar-refractivity contribution in [1.82, 2.24) is 10.2 Å². The molecule has 1 aliphatic heterocycles. The van der Waals surface area contributed by atoms with E-state index in [2.05, 4.69) is 61.3 Å². The second-order valence-electron chi connectivity index (χ2n) is 9.32. The van der Waals surface area contributed by atoms with E-state index in [-0.39, 0.29) is 0 Å². The van der Waals surface area contributed by atoms with Crippen LogP contribution in [0.25, 0.3) is 0 Å². The van der Waals surface area contributed by atoms with Gasteiger partial charge in [0.2, 0.25) is 0 Å². The highest BCUT2D eigenvalue weighted by molar-refractivity contribution is 5.15. The van der Waals surface area contributed by atoms with Crippen molar-refractivity contribution in [1.29, 1.82) is 0 Å². The Morgan fingerprint density at radius 3 is 2.58 bits per heavy atom. The van der Waals surface area contributed by atoms with Gasteiger partial charge in [-0.15, -0.1) is 0 Å². The van der Waals surface area contributed by atoms with Gasteiger partial charge in [0.25, 0.3) is 0 Å². The maximum absolute atomic E-state index is 4.03. The fraction of sp³-hybridized carbons (Fsp3) is 0.727. The molecule has 1 N–H and O–H groups in total. The average Bonchev–Trinajstić information content (AvgIpc) is 3.15. The van der Waals surface area contributed by atoms with E-state index in [0.717, 1.165) is 24.5 Å². The van der Waals surface area contributed by atoms with Crippen LogP contribution in [0.1, 0.15) is 58.4 Å². The van der Waals surface area contributed by atoms with E-state index in [0.29, 0.717) is 10.8 Å². The monoisotopic (exact) mass is 326 g/mol. The SMILES string of the molecule is CC1(C)[C@@H]2CC[C@@]1(C)[C@H](NC[C@@H]1CCCN1Cc1ccccc1)C2. The molecular formula is C22H34N2. The number of hydrogen-bond donors (Lipinski definition) is 1. The summed E-state index contributed by atoms with van der Waals surface area (Å²) < 4.78 is 0. The Morgan fingerprint density at radius 2 is 1.92 bits per heavy atom. The number of nitrogens with one attached hydrogen (secondary N) is 1. The van der Waals surface area contributed by atoms with Crippen molar-refractivity contribution in [3.63, 3.8) is 0 Å². The molecule has 4 rings (SSSR count). The lowest BCUT2D eigenvalue weighted by Gasteiger charge is -2.40. The maximum Gasteiger partial charge on any atom is 0.0237 e. The molecule has 2 saturated carbocycles. The van der Waals surface area contributed by atoms with Gasteiger partial charge in [-0.2, -0.15) is 0 Å². The van der Waals surface area contributed by atoms with Gasteiger partial charge < -0.3 is 5.32 Å². The number of benzene rings is 1. The van der Waals surface area contributed by atoms with Crippen LogP contribution in [0, 0.1) is 16.7 Å². The first-order valence-electron chi connectivity index (χ1n) is 10.0. The van der Waals surface area contributed by atoms with E-state index in [1.54, 1.807) is 0 Å². The third kappa shape index (κ3) is 2.63. The lowest BCUT2D eigenvalue weighted by atomic mass is 9.69. The molecule has 24 heavy (non-hydrogen) atoms. The minimum Gasteiger partial charge on any atom is -0.312 e. The fourth-order valence-corrected chi connectivity index (χ4v) is 5.94. The molecule has 2 nitrogen and oxygen atoms in total. The van der Waals surface area contributed by atoms with Crippen molar-refractivity contribution in [2.45, 2.75) is 71.5 Å². The van der Waals surface area contributed by atoms with Crippen molar-refractivity contribution in [2.75, 3.05) is 13.1 Å². The molecule has 0 spiro atoms. The third-order valence-electron chi connectivity index (χ3n) is 8.12. The molecule has 3 fully saturated rings. The highest BCUT2D eigenvalue weighted by Gasteiger charge is 2.61. The second-order valence-corrected chi connectivity index (χ2v) is 9.32. The molecule has 2 aliphatic carbocycles. The minimum absolute atomic E-state index is 0.501. The van der Waals surface area contributed by atoms with Crippen LogP contribution >= 0.6 is 0 Å². The van der Waals surface area contributed by atoms with Gasteiger partial charge >= 0.3 is 0 Å². The number of nitrogens with zero attached hydrogens (tertiary/aromatic N) is 1. The van der Waals surface area contributed by atoms with E-state index in [1.165, 1.54) is 50.8 Å². The van der Waals surface area contributed by atoms with Crippen molar-refractivity contribution in [3.05, 3.63) is 35.9 Å². The van der Waals surface area contributed by atoms with Crippen LogP contribution in [0.15, 0.2) is 30.3 Å². The number of rotatable bonds is 5. The van der Waals surface area contributed by atoms with Crippen molar-refractivity contribution in [2.24, 2.45) is 16.7 Å². The third-order valence-corrected chi connectivity index (χ3v) is 8.12. The highest BCUT2D eigenvalue weighted by Crippen LogP contribution is 2.65. The first-order chi connectivity index (χ1) is 11.5. The Bertz CT molecular complexity index is 567. The van der Waals surface area contributed by atoms with Crippen LogP contribution in [-0.2, 0) is 6.54 Å². The summed E-state index contributed by atoms with van der Waals surface area (Å²) >= 11 is 0. The largest absolute Gasteiger partial charge is 0.312 e. The molecule has 2 bridgehead atoms. The van der Waals surface area contributed by atoms with Gasteiger partial charge in [-0.1, -0.05) is 51.1 Å². The molecule has 0 amide bonds. The summed E-state index contributed by atoms with van der Waals surface area (Å²) in [5.74, 6) is 0.934. The van der Waals surface area contributed by atoms with Crippen LogP contribution in [0.2, 0.25) is 0 Å². The van der Waals surface area contributed by atoms with E-state index in [4.69, 9.17) is 0 Å². The Labute approximate surface area is 148 Å². The van der Waals surface area contributed by atoms with Crippen LogP contribution in [0.4, 0.5) is 0 Å². The van der Waals surface area contributed by atoms with Crippen LogP contribution in [0.3, 0.4) is 0 Å². The number of hydrogen-bond acceptors (Lipinski definition) is 2. The smallest absolute Gasteiger partial charge is 0.0237 e. The molecule has 2 heteroatoms. The zero-order valence-electron chi connectivity index (χ0n) is 15.7.